The highest BCUT2D eigenvalue weighted by molar-refractivity contribution is 8.00. The van der Waals surface area contributed by atoms with Crippen molar-refractivity contribution in [2.75, 3.05) is 32.0 Å². The number of aryl methyl sites for hydroxylation is 1. The molecular formula is C37H37N3O8S. The van der Waals surface area contributed by atoms with Crippen LogP contribution in [-0.2, 0) is 9.59 Å². The Morgan fingerprint density at radius 1 is 0.796 bits per heavy atom. The lowest BCUT2D eigenvalue weighted by molar-refractivity contribution is -0.116. The van der Waals surface area contributed by atoms with Crippen LogP contribution < -0.4 is 30.2 Å². The molecule has 0 aliphatic heterocycles. The number of nitrogens with one attached hydrogen (secondary N) is 3. The third kappa shape index (κ3) is 9.42. The topological polar surface area (TPSA) is 152 Å². The number of carbonyl (C=O) groups excluding carboxylic acids is 3. The van der Waals surface area contributed by atoms with Crippen LogP contribution in [0.2, 0.25) is 0 Å². The number of carbonyl (C=O) groups is 4. The molecule has 0 spiro atoms. The second kappa shape index (κ2) is 16.9. The molecule has 0 aliphatic rings. The standard InChI is InChI=1S/C37H37N3O8S/c1-6-33(36(43)39-28-17-24(37(44)45)16-15-22(28)2)49-27-14-10-13-26(20-27)38-35(42)29(40-34(41)23-11-8-7-9-12-23)18-25-19-31(47-4)32(48-5)21-30(25)46-3/h7-21,33H,6H2,1-5H3,(H,38,42)(H,39,43)(H,40,41)(H,44,45)/b29-18+. The summed E-state index contributed by atoms with van der Waals surface area (Å²) in [5.74, 6) is -1.28. The normalized spacial score (nSPS) is 11.6. The van der Waals surface area contributed by atoms with E-state index in [0.717, 1.165) is 5.56 Å². The van der Waals surface area contributed by atoms with Gasteiger partial charge in [-0.05, 0) is 73.5 Å². The van der Waals surface area contributed by atoms with E-state index in [0.29, 0.717) is 51.1 Å². The number of rotatable bonds is 14. The molecule has 1 unspecified atom stereocenters. The van der Waals surface area contributed by atoms with Crippen LogP contribution in [0.3, 0.4) is 0 Å². The molecule has 0 aromatic heterocycles. The summed E-state index contributed by atoms with van der Waals surface area (Å²) in [5, 5.41) is 17.2. The first-order valence-electron chi connectivity index (χ1n) is 15.2. The van der Waals surface area contributed by atoms with E-state index in [2.05, 4.69) is 16.0 Å². The van der Waals surface area contributed by atoms with E-state index in [1.54, 1.807) is 73.7 Å². The van der Waals surface area contributed by atoms with Gasteiger partial charge in [-0.2, -0.15) is 0 Å². The second-order valence-electron chi connectivity index (χ2n) is 10.6. The summed E-state index contributed by atoms with van der Waals surface area (Å²) in [4.78, 5) is 52.3. The summed E-state index contributed by atoms with van der Waals surface area (Å²) in [5.41, 5.74) is 2.39. The molecule has 4 N–H and O–H groups in total. The van der Waals surface area contributed by atoms with Crippen LogP contribution in [0, 0.1) is 6.92 Å². The van der Waals surface area contributed by atoms with Gasteiger partial charge in [-0.15, -0.1) is 11.8 Å². The summed E-state index contributed by atoms with van der Waals surface area (Å²) < 4.78 is 16.3. The van der Waals surface area contributed by atoms with Crippen LogP contribution in [0.15, 0.2) is 95.5 Å². The molecule has 254 valence electrons. The molecule has 4 aromatic rings. The first-order valence-corrected chi connectivity index (χ1v) is 16.1. The zero-order valence-corrected chi connectivity index (χ0v) is 28.5. The Bertz CT molecular complexity index is 1880. The van der Waals surface area contributed by atoms with E-state index >= 15 is 0 Å². The zero-order chi connectivity index (χ0) is 35.5. The number of hydrogen-bond donors (Lipinski definition) is 4. The van der Waals surface area contributed by atoms with Crippen molar-refractivity contribution in [1.82, 2.24) is 5.32 Å². The van der Waals surface area contributed by atoms with Crippen molar-refractivity contribution in [3.8, 4) is 17.2 Å². The molecule has 11 nitrogen and oxygen atoms in total. The maximum Gasteiger partial charge on any atom is 0.335 e. The molecule has 0 heterocycles. The minimum absolute atomic E-state index is 0.0674. The number of anilines is 2. The molecule has 0 radical (unpaired) electrons. The molecule has 0 bridgehead atoms. The fourth-order valence-corrected chi connectivity index (χ4v) is 5.71. The number of benzene rings is 4. The molecule has 0 fully saturated rings. The number of carboxylic acid groups (broad SMARTS) is 1. The van der Waals surface area contributed by atoms with Gasteiger partial charge in [0.1, 0.15) is 11.4 Å². The van der Waals surface area contributed by atoms with Gasteiger partial charge < -0.3 is 35.3 Å². The molecule has 0 saturated heterocycles. The highest BCUT2D eigenvalue weighted by Gasteiger charge is 2.21. The molecular weight excluding hydrogens is 646 g/mol. The molecule has 0 aliphatic carbocycles. The van der Waals surface area contributed by atoms with Crippen molar-refractivity contribution in [2.24, 2.45) is 0 Å². The summed E-state index contributed by atoms with van der Waals surface area (Å²) >= 11 is 1.30. The van der Waals surface area contributed by atoms with E-state index in [4.69, 9.17) is 14.2 Å². The fraction of sp³-hybridized carbons (Fsp3) is 0.189. The van der Waals surface area contributed by atoms with E-state index in [1.165, 1.54) is 51.3 Å². The van der Waals surface area contributed by atoms with Crippen molar-refractivity contribution in [1.29, 1.82) is 0 Å². The molecule has 4 rings (SSSR count). The Balaban J connectivity index is 1.59. The van der Waals surface area contributed by atoms with E-state index in [1.807, 2.05) is 13.0 Å². The van der Waals surface area contributed by atoms with Crippen LogP contribution in [0.1, 0.15) is 45.2 Å². The summed E-state index contributed by atoms with van der Waals surface area (Å²) in [7, 11) is 4.45. The van der Waals surface area contributed by atoms with Gasteiger partial charge in [0.2, 0.25) is 5.91 Å². The van der Waals surface area contributed by atoms with Gasteiger partial charge >= 0.3 is 5.97 Å². The number of methoxy groups -OCH3 is 3. The molecule has 1 atom stereocenters. The van der Waals surface area contributed by atoms with E-state index in [-0.39, 0.29) is 17.2 Å². The summed E-state index contributed by atoms with van der Waals surface area (Å²) in [6.45, 7) is 3.66. The highest BCUT2D eigenvalue weighted by Crippen LogP contribution is 2.36. The Morgan fingerprint density at radius 3 is 2.14 bits per heavy atom. The lowest BCUT2D eigenvalue weighted by Crippen LogP contribution is -2.30. The third-order valence-corrected chi connectivity index (χ3v) is 8.70. The Hall–Kier alpha value is -5.75. The second-order valence-corrected chi connectivity index (χ2v) is 11.9. The lowest BCUT2D eigenvalue weighted by atomic mass is 10.1. The fourth-order valence-electron chi connectivity index (χ4n) is 4.70. The number of aromatic carboxylic acids is 1. The first kappa shape index (κ1) is 36.1. The van der Waals surface area contributed by atoms with Gasteiger partial charge in [-0.1, -0.05) is 37.3 Å². The summed E-state index contributed by atoms with van der Waals surface area (Å²) in [6.07, 6.45) is 1.96. The average Bonchev–Trinajstić information content (AvgIpc) is 3.11. The van der Waals surface area contributed by atoms with Crippen LogP contribution in [0.5, 0.6) is 17.2 Å². The highest BCUT2D eigenvalue weighted by atomic mass is 32.2. The molecule has 3 amide bonds. The minimum Gasteiger partial charge on any atom is -0.496 e. The van der Waals surface area contributed by atoms with Crippen molar-refractivity contribution in [2.45, 2.75) is 30.4 Å². The molecule has 12 heteroatoms. The van der Waals surface area contributed by atoms with Crippen molar-refractivity contribution < 1.29 is 38.5 Å². The van der Waals surface area contributed by atoms with Crippen LogP contribution in [-0.4, -0.2) is 55.4 Å². The van der Waals surface area contributed by atoms with Crippen LogP contribution in [0.4, 0.5) is 11.4 Å². The molecule has 0 saturated carbocycles. The van der Waals surface area contributed by atoms with Gasteiger partial charge in [0, 0.05) is 33.5 Å². The summed E-state index contributed by atoms with van der Waals surface area (Å²) in [6, 6.07) is 23.3. The Labute approximate surface area is 288 Å². The smallest absolute Gasteiger partial charge is 0.335 e. The predicted octanol–water partition coefficient (Wildman–Crippen LogP) is 6.64. The maximum atomic E-state index is 13.8. The maximum absolute atomic E-state index is 13.8. The number of hydrogen-bond acceptors (Lipinski definition) is 8. The largest absolute Gasteiger partial charge is 0.496 e. The molecule has 49 heavy (non-hydrogen) atoms. The Kier molecular flexibility index (Phi) is 12.4. The van der Waals surface area contributed by atoms with Gasteiger partial charge in [0.05, 0.1) is 32.1 Å². The van der Waals surface area contributed by atoms with Gasteiger partial charge in [-0.25, -0.2) is 4.79 Å². The minimum atomic E-state index is -1.09. The van der Waals surface area contributed by atoms with Gasteiger partial charge in [0.15, 0.2) is 11.5 Å². The predicted molar refractivity (Wildman–Crippen MR) is 190 cm³/mol. The van der Waals surface area contributed by atoms with Gasteiger partial charge in [0.25, 0.3) is 11.8 Å². The zero-order valence-electron chi connectivity index (χ0n) is 27.7. The van der Waals surface area contributed by atoms with E-state index in [9.17, 15) is 24.3 Å². The Morgan fingerprint density at radius 2 is 1.49 bits per heavy atom. The van der Waals surface area contributed by atoms with Crippen LogP contribution >= 0.6 is 11.8 Å². The average molecular weight is 684 g/mol. The first-order chi connectivity index (χ1) is 23.6. The number of thioether (sulfide) groups is 1. The van der Waals surface area contributed by atoms with Crippen molar-refractivity contribution in [3.05, 3.63) is 113 Å². The van der Waals surface area contributed by atoms with Gasteiger partial charge in [-0.3, -0.25) is 14.4 Å². The third-order valence-electron chi connectivity index (χ3n) is 7.34. The SMILES string of the molecule is CCC(Sc1cccc(NC(=O)/C(=C\c2cc(OC)c(OC)cc2OC)NC(=O)c2ccccc2)c1)C(=O)Nc1cc(C(=O)O)ccc1C. The molecule has 4 aromatic carbocycles. The van der Waals surface area contributed by atoms with Crippen LogP contribution in [0.25, 0.3) is 6.08 Å². The lowest BCUT2D eigenvalue weighted by Gasteiger charge is -2.17. The van der Waals surface area contributed by atoms with Crippen molar-refractivity contribution >= 4 is 52.9 Å². The quantitative estimate of drug-likeness (QED) is 0.0847. The van der Waals surface area contributed by atoms with E-state index < -0.39 is 23.0 Å². The number of amides is 3. The monoisotopic (exact) mass is 683 g/mol. The van der Waals surface area contributed by atoms with Crippen molar-refractivity contribution in [3.63, 3.8) is 0 Å². The number of ether oxygens (including phenoxy) is 3. The number of carboxylic acids is 1.